The van der Waals surface area contributed by atoms with E-state index < -0.39 is 5.97 Å². The number of aromatic carboxylic acids is 1. The molecule has 0 spiro atoms. The number of hydrogen-bond donors (Lipinski definition) is 1. The first kappa shape index (κ1) is 9.40. The summed E-state index contributed by atoms with van der Waals surface area (Å²) in [5, 5.41) is 11.0. The quantitative estimate of drug-likeness (QED) is 0.828. The van der Waals surface area contributed by atoms with Crippen molar-refractivity contribution in [1.82, 2.24) is 0 Å². The molecule has 16 heavy (non-hydrogen) atoms. The summed E-state index contributed by atoms with van der Waals surface area (Å²) in [5.74, 6) is -0.128. The normalized spacial score (nSPS) is 15.2. The van der Waals surface area contributed by atoms with Gasteiger partial charge in [0.1, 0.15) is 0 Å². The summed E-state index contributed by atoms with van der Waals surface area (Å²) in [6.45, 7) is 0. The number of carbonyl (C=O) groups is 1. The monoisotopic (exact) mass is 212 g/mol. The highest BCUT2D eigenvalue weighted by Crippen LogP contribution is 2.40. The summed E-state index contributed by atoms with van der Waals surface area (Å²) in [5.41, 5.74) is 1.74. The molecule has 2 nitrogen and oxygen atoms in total. The van der Waals surface area contributed by atoms with Crippen LogP contribution in [0.4, 0.5) is 0 Å². The topological polar surface area (TPSA) is 37.3 Å². The van der Waals surface area contributed by atoms with Crippen LogP contribution in [0.3, 0.4) is 0 Å². The van der Waals surface area contributed by atoms with Crippen LogP contribution in [0.15, 0.2) is 36.4 Å². The van der Waals surface area contributed by atoms with Crippen molar-refractivity contribution in [3.63, 3.8) is 0 Å². The van der Waals surface area contributed by atoms with Crippen LogP contribution in [-0.4, -0.2) is 11.1 Å². The van der Waals surface area contributed by atoms with Crippen LogP contribution in [0.5, 0.6) is 0 Å². The van der Waals surface area contributed by atoms with E-state index in [1.165, 1.54) is 18.4 Å². The van der Waals surface area contributed by atoms with Crippen molar-refractivity contribution in [3.05, 3.63) is 47.5 Å². The molecule has 0 aliphatic heterocycles. The molecular weight excluding hydrogens is 200 g/mol. The molecule has 0 amide bonds. The van der Waals surface area contributed by atoms with Crippen molar-refractivity contribution in [1.29, 1.82) is 0 Å². The summed E-state index contributed by atoms with van der Waals surface area (Å²) in [4.78, 5) is 10.8. The summed E-state index contributed by atoms with van der Waals surface area (Å²) in [7, 11) is 0. The van der Waals surface area contributed by atoms with Gasteiger partial charge >= 0.3 is 5.97 Å². The van der Waals surface area contributed by atoms with Crippen molar-refractivity contribution in [3.8, 4) is 0 Å². The Kier molecular flexibility index (Phi) is 1.96. The van der Waals surface area contributed by atoms with E-state index in [9.17, 15) is 4.79 Å². The zero-order valence-corrected chi connectivity index (χ0v) is 8.81. The lowest BCUT2D eigenvalue weighted by Crippen LogP contribution is -1.95. The molecule has 1 N–H and O–H groups in total. The van der Waals surface area contributed by atoms with E-state index in [4.69, 9.17) is 5.11 Å². The molecule has 1 fully saturated rings. The second kappa shape index (κ2) is 3.34. The molecule has 0 radical (unpaired) electrons. The largest absolute Gasteiger partial charge is 0.478 e. The Labute approximate surface area is 93.5 Å². The smallest absolute Gasteiger partial charge is 0.335 e. The van der Waals surface area contributed by atoms with Gasteiger partial charge in [0, 0.05) is 0 Å². The van der Waals surface area contributed by atoms with Crippen LogP contribution in [0.25, 0.3) is 10.8 Å². The maximum atomic E-state index is 10.8. The lowest BCUT2D eigenvalue weighted by Gasteiger charge is -2.03. The fourth-order valence-electron chi connectivity index (χ4n) is 2.07. The number of carboxylic acid groups (broad SMARTS) is 1. The minimum Gasteiger partial charge on any atom is -0.478 e. The van der Waals surface area contributed by atoms with Crippen LogP contribution in [0.1, 0.15) is 34.7 Å². The minimum absolute atomic E-state index is 0.353. The van der Waals surface area contributed by atoms with Crippen LogP contribution >= 0.6 is 0 Å². The fraction of sp³-hybridized carbons (Fsp3) is 0.214. The summed E-state index contributed by atoms with van der Waals surface area (Å²) in [6, 6.07) is 11.6. The SMILES string of the molecule is O=C(O)c1ccc2cc(C3CC3)ccc2c1. The lowest BCUT2D eigenvalue weighted by atomic mass is 10.0. The van der Waals surface area contributed by atoms with Gasteiger partial charge < -0.3 is 5.11 Å². The Morgan fingerprint density at radius 1 is 1.06 bits per heavy atom. The third-order valence-electron chi connectivity index (χ3n) is 3.16. The maximum Gasteiger partial charge on any atom is 0.335 e. The van der Waals surface area contributed by atoms with Gasteiger partial charge in [-0.1, -0.05) is 24.3 Å². The molecule has 0 unspecified atom stereocenters. The number of rotatable bonds is 2. The molecule has 1 aliphatic rings. The van der Waals surface area contributed by atoms with Gasteiger partial charge in [-0.25, -0.2) is 4.79 Å². The summed E-state index contributed by atoms with van der Waals surface area (Å²) >= 11 is 0. The van der Waals surface area contributed by atoms with E-state index in [1.807, 2.05) is 12.1 Å². The average Bonchev–Trinajstić information content (AvgIpc) is 3.11. The predicted molar refractivity (Wildman–Crippen MR) is 62.9 cm³/mol. The fourth-order valence-corrected chi connectivity index (χ4v) is 2.07. The Bertz CT molecular complexity index is 568. The van der Waals surface area contributed by atoms with Crippen LogP contribution < -0.4 is 0 Å². The number of benzene rings is 2. The lowest BCUT2D eigenvalue weighted by molar-refractivity contribution is 0.0697. The molecule has 0 heterocycles. The van der Waals surface area contributed by atoms with E-state index in [-0.39, 0.29) is 0 Å². The second-order valence-corrected chi connectivity index (χ2v) is 4.40. The van der Waals surface area contributed by atoms with Gasteiger partial charge in [0.15, 0.2) is 0 Å². The highest BCUT2D eigenvalue weighted by molar-refractivity contribution is 5.94. The highest BCUT2D eigenvalue weighted by Gasteiger charge is 2.23. The molecule has 2 aromatic carbocycles. The van der Waals surface area contributed by atoms with E-state index in [0.717, 1.165) is 16.7 Å². The minimum atomic E-state index is -0.867. The highest BCUT2D eigenvalue weighted by atomic mass is 16.4. The molecule has 1 saturated carbocycles. The molecule has 0 aromatic heterocycles. The van der Waals surface area contributed by atoms with E-state index in [2.05, 4.69) is 12.1 Å². The van der Waals surface area contributed by atoms with Gasteiger partial charge in [-0.05, 0) is 47.2 Å². The predicted octanol–water partition coefficient (Wildman–Crippen LogP) is 3.42. The van der Waals surface area contributed by atoms with Crippen molar-refractivity contribution in [2.24, 2.45) is 0 Å². The van der Waals surface area contributed by atoms with Gasteiger partial charge in [-0.3, -0.25) is 0 Å². The van der Waals surface area contributed by atoms with E-state index in [0.29, 0.717) is 5.56 Å². The Morgan fingerprint density at radius 2 is 1.75 bits per heavy atom. The van der Waals surface area contributed by atoms with Gasteiger partial charge in [0.2, 0.25) is 0 Å². The third kappa shape index (κ3) is 1.56. The van der Waals surface area contributed by atoms with Crippen molar-refractivity contribution in [2.75, 3.05) is 0 Å². The Hall–Kier alpha value is -1.83. The molecule has 2 heteroatoms. The van der Waals surface area contributed by atoms with Crippen molar-refractivity contribution < 1.29 is 9.90 Å². The maximum absolute atomic E-state index is 10.8. The summed E-state index contributed by atoms with van der Waals surface area (Å²) in [6.07, 6.45) is 2.58. The summed E-state index contributed by atoms with van der Waals surface area (Å²) < 4.78 is 0. The standard InChI is InChI=1S/C14H12O2/c15-14(16)13-6-5-11-7-10(9-1-2-9)3-4-12(11)8-13/h3-9H,1-2H2,(H,15,16). The second-order valence-electron chi connectivity index (χ2n) is 4.40. The molecular formula is C14H12O2. The van der Waals surface area contributed by atoms with E-state index >= 15 is 0 Å². The van der Waals surface area contributed by atoms with Gasteiger partial charge in [-0.15, -0.1) is 0 Å². The first-order valence-electron chi connectivity index (χ1n) is 5.51. The zero-order valence-electron chi connectivity index (χ0n) is 8.81. The van der Waals surface area contributed by atoms with Crippen LogP contribution in [-0.2, 0) is 0 Å². The first-order chi connectivity index (χ1) is 7.74. The number of fused-ring (bicyclic) bond motifs is 1. The van der Waals surface area contributed by atoms with Crippen LogP contribution in [0, 0.1) is 0 Å². The molecule has 0 saturated heterocycles. The molecule has 0 atom stereocenters. The van der Waals surface area contributed by atoms with Crippen molar-refractivity contribution in [2.45, 2.75) is 18.8 Å². The Balaban J connectivity index is 2.12. The average molecular weight is 212 g/mol. The zero-order chi connectivity index (χ0) is 11.1. The molecule has 1 aliphatic carbocycles. The molecule has 3 rings (SSSR count). The van der Waals surface area contributed by atoms with Gasteiger partial charge in [0.05, 0.1) is 5.56 Å². The molecule has 2 aromatic rings. The van der Waals surface area contributed by atoms with Gasteiger partial charge in [0.25, 0.3) is 0 Å². The molecule has 80 valence electrons. The Morgan fingerprint density at radius 3 is 2.44 bits per heavy atom. The van der Waals surface area contributed by atoms with E-state index in [1.54, 1.807) is 12.1 Å². The number of hydrogen-bond acceptors (Lipinski definition) is 1. The van der Waals surface area contributed by atoms with Gasteiger partial charge in [-0.2, -0.15) is 0 Å². The third-order valence-corrected chi connectivity index (χ3v) is 3.16. The van der Waals surface area contributed by atoms with Crippen LogP contribution in [0.2, 0.25) is 0 Å². The number of carboxylic acids is 1. The van der Waals surface area contributed by atoms with Crippen molar-refractivity contribution >= 4 is 16.7 Å². The molecule has 0 bridgehead atoms. The first-order valence-corrected chi connectivity index (χ1v) is 5.51.